The van der Waals surface area contributed by atoms with E-state index < -0.39 is 5.97 Å². The summed E-state index contributed by atoms with van der Waals surface area (Å²) in [6, 6.07) is 0. The fourth-order valence-corrected chi connectivity index (χ4v) is 6.24. The van der Waals surface area contributed by atoms with Crippen LogP contribution in [-0.2, 0) is 9.59 Å². The molecule has 1 N–H and O–H groups in total. The van der Waals surface area contributed by atoms with E-state index >= 15 is 0 Å². The van der Waals surface area contributed by atoms with E-state index in [9.17, 15) is 14.7 Å². The van der Waals surface area contributed by atoms with Crippen LogP contribution in [0.15, 0.2) is 24.3 Å². The van der Waals surface area contributed by atoms with Crippen molar-refractivity contribution in [1.82, 2.24) is 0 Å². The number of carboxylic acid groups (broad SMARTS) is 1. The number of carbonyl (C=O) groups excluding carboxylic acids is 1. The molecule has 3 aliphatic rings. The molecular weight excluding hydrogens is 288 g/mol. The van der Waals surface area contributed by atoms with E-state index in [2.05, 4.69) is 27.0 Å². The van der Waals surface area contributed by atoms with Crippen molar-refractivity contribution < 1.29 is 14.7 Å². The predicted molar refractivity (Wildman–Crippen MR) is 89.9 cm³/mol. The zero-order chi connectivity index (χ0) is 17.0. The molecule has 3 aliphatic carbocycles. The van der Waals surface area contributed by atoms with Crippen LogP contribution in [0.4, 0.5) is 0 Å². The Morgan fingerprint density at radius 2 is 2.04 bits per heavy atom. The van der Waals surface area contributed by atoms with Gasteiger partial charge in [-0.15, -0.1) is 0 Å². The standard InChI is InChI=1S/C20H28O3/c1-12(2)15-7-10-20-11-14(13(3)18(20)23)5-6-16(20)19(15,4)9-8-17(21)22/h14-16H,1,3,5-11H2,2,4H3,(H,21,22)/t14-,15-,16+,19-,20-/m1/s1. The highest BCUT2D eigenvalue weighted by atomic mass is 16.4. The van der Waals surface area contributed by atoms with E-state index in [1.807, 2.05) is 0 Å². The summed E-state index contributed by atoms with van der Waals surface area (Å²) in [6.07, 6.45) is 5.68. The summed E-state index contributed by atoms with van der Waals surface area (Å²) in [4.78, 5) is 24.2. The van der Waals surface area contributed by atoms with Crippen LogP contribution in [0.5, 0.6) is 0 Å². The Morgan fingerprint density at radius 3 is 2.65 bits per heavy atom. The van der Waals surface area contributed by atoms with Crippen LogP contribution in [0.2, 0.25) is 0 Å². The molecule has 0 unspecified atom stereocenters. The van der Waals surface area contributed by atoms with Gasteiger partial charge in [-0.05, 0) is 74.2 Å². The third-order valence-electron chi connectivity index (χ3n) is 7.26. The second-order valence-electron chi connectivity index (χ2n) is 8.38. The van der Waals surface area contributed by atoms with Gasteiger partial charge in [0.2, 0.25) is 0 Å². The van der Waals surface area contributed by atoms with Gasteiger partial charge >= 0.3 is 5.97 Å². The second-order valence-corrected chi connectivity index (χ2v) is 8.38. The molecule has 3 heteroatoms. The first kappa shape index (κ1) is 16.5. The molecule has 0 heterocycles. The van der Waals surface area contributed by atoms with E-state index in [1.54, 1.807) is 0 Å². The van der Waals surface area contributed by atoms with Crippen LogP contribution in [0, 0.1) is 28.6 Å². The van der Waals surface area contributed by atoms with Crippen molar-refractivity contribution in [3.8, 4) is 0 Å². The lowest BCUT2D eigenvalue weighted by Gasteiger charge is -2.57. The highest BCUT2D eigenvalue weighted by Crippen LogP contribution is 2.67. The fraction of sp³-hybridized carbons (Fsp3) is 0.700. The van der Waals surface area contributed by atoms with Gasteiger partial charge < -0.3 is 5.11 Å². The molecule has 0 saturated heterocycles. The number of allylic oxidation sites excluding steroid dienone is 2. The van der Waals surface area contributed by atoms with Gasteiger partial charge in [-0.1, -0.05) is 25.7 Å². The minimum Gasteiger partial charge on any atom is -0.481 e. The Kier molecular flexibility index (Phi) is 3.81. The van der Waals surface area contributed by atoms with E-state index in [4.69, 9.17) is 0 Å². The van der Waals surface area contributed by atoms with Crippen LogP contribution >= 0.6 is 0 Å². The minimum absolute atomic E-state index is 0.145. The van der Waals surface area contributed by atoms with Gasteiger partial charge in [0, 0.05) is 11.8 Å². The third-order valence-corrected chi connectivity index (χ3v) is 7.26. The molecule has 2 bridgehead atoms. The predicted octanol–water partition coefficient (Wildman–Crippen LogP) is 4.39. The first-order valence-electron chi connectivity index (χ1n) is 8.83. The highest BCUT2D eigenvalue weighted by Gasteiger charge is 2.64. The van der Waals surface area contributed by atoms with Crippen molar-refractivity contribution in [2.75, 3.05) is 0 Å². The summed E-state index contributed by atoms with van der Waals surface area (Å²) in [6.45, 7) is 12.5. The molecule has 3 fully saturated rings. The summed E-state index contributed by atoms with van der Waals surface area (Å²) < 4.78 is 0. The SMILES string of the molecule is C=C1C(=O)[C@@]23CC[C@H](C(=C)C)[C@@](C)(CCC(=O)O)[C@@H]2CC[C@@H]1C3. The number of rotatable bonds is 4. The average molecular weight is 316 g/mol. The molecule has 126 valence electrons. The maximum atomic E-state index is 13.0. The quantitative estimate of drug-likeness (QED) is 0.618. The molecule has 5 atom stereocenters. The maximum Gasteiger partial charge on any atom is 0.303 e. The summed E-state index contributed by atoms with van der Waals surface area (Å²) in [5, 5.41) is 9.20. The minimum atomic E-state index is -0.748. The summed E-state index contributed by atoms with van der Waals surface area (Å²) >= 11 is 0. The number of carboxylic acids is 1. The van der Waals surface area contributed by atoms with Crippen molar-refractivity contribution in [2.24, 2.45) is 28.6 Å². The van der Waals surface area contributed by atoms with Gasteiger partial charge in [0.05, 0.1) is 0 Å². The molecule has 3 nitrogen and oxygen atoms in total. The van der Waals surface area contributed by atoms with E-state index in [0.717, 1.165) is 43.3 Å². The molecule has 0 aromatic rings. The Bertz CT molecular complexity index is 590. The van der Waals surface area contributed by atoms with Crippen LogP contribution in [0.3, 0.4) is 0 Å². The second kappa shape index (κ2) is 5.32. The topological polar surface area (TPSA) is 54.4 Å². The van der Waals surface area contributed by atoms with Gasteiger partial charge in [0.25, 0.3) is 0 Å². The first-order valence-corrected chi connectivity index (χ1v) is 8.83. The van der Waals surface area contributed by atoms with Crippen molar-refractivity contribution in [3.63, 3.8) is 0 Å². The van der Waals surface area contributed by atoms with Crippen molar-refractivity contribution in [2.45, 2.75) is 58.8 Å². The van der Waals surface area contributed by atoms with Gasteiger partial charge in [-0.25, -0.2) is 0 Å². The monoisotopic (exact) mass is 316 g/mol. The molecule has 1 spiro atoms. The fourth-order valence-electron chi connectivity index (χ4n) is 6.24. The number of ketones is 1. The molecule has 3 rings (SSSR count). The van der Waals surface area contributed by atoms with Crippen LogP contribution in [0.25, 0.3) is 0 Å². The Balaban J connectivity index is 2.02. The third kappa shape index (κ3) is 2.23. The summed E-state index contributed by atoms with van der Waals surface area (Å²) in [5.41, 5.74) is 1.56. The molecular formula is C20H28O3. The Morgan fingerprint density at radius 1 is 1.35 bits per heavy atom. The molecule has 0 aromatic carbocycles. The highest BCUT2D eigenvalue weighted by molar-refractivity contribution is 6.03. The zero-order valence-electron chi connectivity index (χ0n) is 14.4. The van der Waals surface area contributed by atoms with Gasteiger partial charge in [-0.2, -0.15) is 0 Å². The molecule has 0 aromatic heterocycles. The van der Waals surface area contributed by atoms with Gasteiger partial charge in [-0.3, -0.25) is 9.59 Å². The summed E-state index contributed by atoms with van der Waals surface area (Å²) in [5.74, 6) is 0.487. The smallest absolute Gasteiger partial charge is 0.303 e. The lowest BCUT2D eigenvalue weighted by atomic mass is 9.46. The van der Waals surface area contributed by atoms with Gasteiger partial charge in [0.1, 0.15) is 0 Å². The number of fused-ring (bicyclic) bond motifs is 1. The van der Waals surface area contributed by atoms with Crippen molar-refractivity contribution in [3.05, 3.63) is 24.3 Å². The molecule has 3 saturated carbocycles. The summed E-state index contributed by atoms with van der Waals surface area (Å²) in [7, 11) is 0. The zero-order valence-corrected chi connectivity index (χ0v) is 14.4. The number of hydrogen-bond donors (Lipinski definition) is 1. The van der Waals surface area contributed by atoms with E-state index in [-0.39, 0.29) is 29.0 Å². The van der Waals surface area contributed by atoms with E-state index in [0.29, 0.717) is 18.3 Å². The number of carbonyl (C=O) groups is 2. The molecule has 0 amide bonds. The first-order chi connectivity index (χ1) is 10.7. The Labute approximate surface area is 138 Å². The normalized spacial score (nSPS) is 42.4. The number of Topliss-reactive ketones (excluding diaryl/α,β-unsaturated/α-hetero) is 1. The molecule has 0 aliphatic heterocycles. The van der Waals surface area contributed by atoms with Crippen LogP contribution in [-0.4, -0.2) is 16.9 Å². The van der Waals surface area contributed by atoms with Crippen molar-refractivity contribution >= 4 is 11.8 Å². The molecule has 0 radical (unpaired) electrons. The van der Waals surface area contributed by atoms with Crippen LogP contribution in [0.1, 0.15) is 58.8 Å². The molecule has 23 heavy (non-hydrogen) atoms. The largest absolute Gasteiger partial charge is 0.481 e. The van der Waals surface area contributed by atoms with Crippen molar-refractivity contribution in [1.29, 1.82) is 0 Å². The maximum absolute atomic E-state index is 13.0. The van der Waals surface area contributed by atoms with E-state index in [1.165, 1.54) is 0 Å². The number of hydrogen-bond acceptors (Lipinski definition) is 2. The van der Waals surface area contributed by atoms with Gasteiger partial charge in [0.15, 0.2) is 5.78 Å². The lowest BCUT2D eigenvalue weighted by molar-refractivity contribution is -0.144. The lowest BCUT2D eigenvalue weighted by Crippen LogP contribution is -2.53. The van der Waals surface area contributed by atoms with Crippen LogP contribution < -0.4 is 0 Å². The average Bonchev–Trinajstić information content (AvgIpc) is 2.66. The Hall–Kier alpha value is -1.38. The number of aliphatic carboxylic acids is 1.